The number of pyridine rings is 1. The molecule has 1 saturated heterocycles. The van der Waals surface area contributed by atoms with Crippen molar-refractivity contribution in [3.63, 3.8) is 0 Å². The molecule has 0 radical (unpaired) electrons. The van der Waals surface area contributed by atoms with Crippen LogP contribution in [0.1, 0.15) is 74.0 Å². The van der Waals surface area contributed by atoms with Gasteiger partial charge in [0.25, 0.3) is 5.91 Å². The van der Waals surface area contributed by atoms with E-state index < -0.39 is 0 Å². The van der Waals surface area contributed by atoms with E-state index in [1.807, 2.05) is 43.1 Å². The van der Waals surface area contributed by atoms with Gasteiger partial charge in [-0.1, -0.05) is 18.1 Å². The Morgan fingerprint density at radius 3 is 2.87 bits per heavy atom. The number of nitrogens with zero attached hydrogens (tertiary/aromatic N) is 4. The molecule has 4 rings (SSSR count). The normalized spacial score (nSPS) is 17.5. The topological polar surface area (TPSA) is 75.7 Å². The quantitative estimate of drug-likeness (QED) is 0.690. The molecule has 0 saturated carbocycles. The fourth-order valence-electron chi connectivity index (χ4n) is 4.25. The SMILES string of the molecule is CCc1onc(C)c1C(=O)N1CCC[C@H](c2nc3ccccn3c2NC(C)(C)C)C1. The van der Waals surface area contributed by atoms with E-state index in [-0.39, 0.29) is 17.4 Å². The molecule has 0 bridgehead atoms. The maximum atomic E-state index is 13.3. The lowest BCUT2D eigenvalue weighted by Gasteiger charge is -2.33. The lowest BCUT2D eigenvalue weighted by atomic mass is 9.93. The Bertz CT molecular complexity index is 1060. The summed E-state index contributed by atoms with van der Waals surface area (Å²) in [6.07, 6.45) is 4.66. The Hall–Kier alpha value is -2.83. The number of fused-ring (bicyclic) bond motifs is 1. The first kappa shape index (κ1) is 20.4. The van der Waals surface area contributed by atoms with E-state index in [2.05, 4.69) is 35.6 Å². The Morgan fingerprint density at radius 2 is 2.13 bits per heavy atom. The van der Waals surface area contributed by atoms with Gasteiger partial charge in [0, 0.05) is 37.2 Å². The van der Waals surface area contributed by atoms with Crippen LogP contribution in [0.4, 0.5) is 5.82 Å². The summed E-state index contributed by atoms with van der Waals surface area (Å²) in [6, 6.07) is 6.05. The predicted molar refractivity (Wildman–Crippen MR) is 117 cm³/mol. The van der Waals surface area contributed by atoms with E-state index in [0.29, 0.717) is 30.0 Å². The minimum Gasteiger partial charge on any atom is -0.365 e. The second-order valence-corrected chi connectivity index (χ2v) is 9.16. The summed E-state index contributed by atoms with van der Waals surface area (Å²) in [4.78, 5) is 20.2. The standard InChI is InChI=1S/C23H31N5O2/c1-6-17-19(15(2)26-30-17)22(29)27-12-9-10-16(14-27)20-21(25-23(3,4)5)28-13-8-7-11-18(28)24-20/h7-8,11,13,16,25H,6,9-10,12,14H2,1-5H3/t16-/m0/s1. The van der Waals surface area contributed by atoms with Crippen LogP contribution in [0.5, 0.6) is 0 Å². The monoisotopic (exact) mass is 409 g/mol. The van der Waals surface area contributed by atoms with Gasteiger partial charge in [0.05, 0.1) is 11.4 Å². The molecule has 1 aliphatic rings. The van der Waals surface area contributed by atoms with Crippen LogP contribution in [-0.4, -0.2) is 44.0 Å². The van der Waals surface area contributed by atoms with Gasteiger partial charge in [0.1, 0.15) is 22.8 Å². The highest BCUT2D eigenvalue weighted by Crippen LogP contribution is 2.34. The zero-order valence-electron chi connectivity index (χ0n) is 18.5. The number of likely N-dealkylation sites (tertiary alicyclic amines) is 1. The van der Waals surface area contributed by atoms with Crippen molar-refractivity contribution in [2.45, 2.75) is 65.3 Å². The van der Waals surface area contributed by atoms with Gasteiger partial charge < -0.3 is 14.7 Å². The fraction of sp³-hybridized carbons (Fsp3) is 0.522. The van der Waals surface area contributed by atoms with Crippen LogP contribution in [0.15, 0.2) is 28.9 Å². The maximum absolute atomic E-state index is 13.3. The van der Waals surface area contributed by atoms with Gasteiger partial charge in [-0.2, -0.15) is 0 Å². The van der Waals surface area contributed by atoms with Crippen molar-refractivity contribution >= 4 is 17.4 Å². The Morgan fingerprint density at radius 1 is 1.33 bits per heavy atom. The lowest BCUT2D eigenvalue weighted by molar-refractivity contribution is 0.0703. The van der Waals surface area contributed by atoms with Crippen LogP contribution in [0.25, 0.3) is 5.65 Å². The Balaban J connectivity index is 1.67. The molecule has 0 aromatic carbocycles. The van der Waals surface area contributed by atoms with Crippen LogP contribution in [0, 0.1) is 6.92 Å². The van der Waals surface area contributed by atoms with E-state index in [1.54, 1.807) is 0 Å². The number of hydrogen-bond donors (Lipinski definition) is 1. The molecule has 1 fully saturated rings. The van der Waals surface area contributed by atoms with Crippen molar-refractivity contribution in [2.24, 2.45) is 0 Å². The summed E-state index contributed by atoms with van der Waals surface area (Å²) in [6.45, 7) is 11.7. The van der Waals surface area contributed by atoms with Crippen molar-refractivity contribution in [3.05, 3.63) is 47.1 Å². The number of carbonyl (C=O) groups is 1. The molecule has 3 aromatic rings. The Labute approximate surface area is 177 Å². The first-order chi connectivity index (χ1) is 14.3. The van der Waals surface area contributed by atoms with Crippen molar-refractivity contribution in [1.29, 1.82) is 0 Å². The van der Waals surface area contributed by atoms with E-state index in [9.17, 15) is 4.79 Å². The molecule has 0 spiro atoms. The summed E-state index contributed by atoms with van der Waals surface area (Å²) in [5.74, 6) is 1.89. The van der Waals surface area contributed by atoms with Gasteiger partial charge >= 0.3 is 0 Å². The third-order valence-corrected chi connectivity index (χ3v) is 5.61. The second kappa shape index (κ2) is 7.78. The molecular formula is C23H31N5O2. The molecule has 1 N–H and O–H groups in total. The Kier molecular flexibility index (Phi) is 5.30. The maximum Gasteiger partial charge on any atom is 0.259 e. The van der Waals surface area contributed by atoms with Crippen LogP contribution < -0.4 is 5.32 Å². The molecule has 0 aliphatic carbocycles. The molecule has 0 unspecified atom stereocenters. The highest BCUT2D eigenvalue weighted by molar-refractivity contribution is 5.96. The van der Waals surface area contributed by atoms with Crippen molar-refractivity contribution in [2.75, 3.05) is 18.4 Å². The van der Waals surface area contributed by atoms with Crippen LogP contribution >= 0.6 is 0 Å². The third-order valence-electron chi connectivity index (χ3n) is 5.61. The minimum atomic E-state index is -0.0969. The molecule has 30 heavy (non-hydrogen) atoms. The molecule has 1 atom stereocenters. The van der Waals surface area contributed by atoms with Gasteiger partial charge in [-0.15, -0.1) is 0 Å². The van der Waals surface area contributed by atoms with Crippen LogP contribution in [-0.2, 0) is 6.42 Å². The zero-order chi connectivity index (χ0) is 21.5. The number of amides is 1. The van der Waals surface area contributed by atoms with Gasteiger partial charge in [-0.25, -0.2) is 4.98 Å². The highest BCUT2D eigenvalue weighted by Gasteiger charge is 2.32. The number of nitrogens with one attached hydrogen (secondary N) is 1. The number of imidazole rings is 1. The number of aromatic nitrogens is 3. The largest absolute Gasteiger partial charge is 0.365 e. The predicted octanol–water partition coefficient (Wildman–Crippen LogP) is 4.42. The molecule has 160 valence electrons. The van der Waals surface area contributed by atoms with Crippen molar-refractivity contribution in [3.8, 4) is 0 Å². The molecule has 7 heteroatoms. The number of carbonyl (C=O) groups excluding carboxylic acids is 1. The molecule has 4 heterocycles. The van der Waals surface area contributed by atoms with E-state index in [0.717, 1.165) is 36.5 Å². The van der Waals surface area contributed by atoms with Gasteiger partial charge in [0.15, 0.2) is 0 Å². The summed E-state index contributed by atoms with van der Waals surface area (Å²) >= 11 is 0. The second-order valence-electron chi connectivity index (χ2n) is 9.16. The van der Waals surface area contributed by atoms with E-state index in [4.69, 9.17) is 9.51 Å². The number of anilines is 1. The summed E-state index contributed by atoms with van der Waals surface area (Å²) in [5, 5.41) is 7.66. The summed E-state index contributed by atoms with van der Waals surface area (Å²) < 4.78 is 7.47. The first-order valence-corrected chi connectivity index (χ1v) is 10.8. The minimum absolute atomic E-state index is 0.0180. The van der Waals surface area contributed by atoms with Gasteiger partial charge in [-0.3, -0.25) is 9.20 Å². The van der Waals surface area contributed by atoms with E-state index >= 15 is 0 Å². The van der Waals surface area contributed by atoms with Crippen LogP contribution in [0.3, 0.4) is 0 Å². The molecule has 1 aliphatic heterocycles. The van der Waals surface area contributed by atoms with E-state index in [1.165, 1.54) is 0 Å². The third kappa shape index (κ3) is 3.80. The summed E-state index contributed by atoms with van der Waals surface area (Å²) in [5.41, 5.74) is 3.15. The van der Waals surface area contributed by atoms with Gasteiger partial charge in [0.2, 0.25) is 0 Å². The smallest absolute Gasteiger partial charge is 0.259 e. The highest BCUT2D eigenvalue weighted by atomic mass is 16.5. The number of aryl methyl sites for hydroxylation is 2. The number of rotatable bonds is 4. The molecule has 7 nitrogen and oxygen atoms in total. The molecular weight excluding hydrogens is 378 g/mol. The summed E-state index contributed by atoms with van der Waals surface area (Å²) in [7, 11) is 0. The average Bonchev–Trinajstić information content (AvgIpc) is 3.27. The molecule has 3 aromatic heterocycles. The number of hydrogen-bond acceptors (Lipinski definition) is 5. The number of piperidine rings is 1. The fourth-order valence-corrected chi connectivity index (χ4v) is 4.25. The lowest BCUT2D eigenvalue weighted by Crippen LogP contribution is -2.40. The zero-order valence-corrected chi connectivity index (χ0v) is 18.5. The van der Waals surface area contributed by atoms with Crippen LogP contribution in [0.2, 0.25) is 0 Å². The van der Waals surface area contributed by atoms with Crippen molar-refractivity contribution < 1.29 is 9.32 Å². The van der Waals surface area contributed by atoms with Crippen molar-refractivity contribution in [1.82, 2.24) is 19.4 Å². The van der Waals surface area contributed by atoms with Gasteiger partial charge in [-0.05, 0) is 52.7 Å². The average molecular weight is 410 g/mol. The molecule has 1 amide bonds. The first-order valence-electron chi connectivity index (χ1n) is 10.8.